The second kappa shape index (κ2) is 6.36. The van der Waals surface area contributed by atoms with Gasteiger partial charge in [0.15, 0.2) is 5.56 Å². The van der Waals surface area contributed by atoms with Crippen molar-refractivity contribution in [3.63, 3.8) is 0 Å². The van der Waals surface area contributed by atoms with E-state index in [-0.39, 0.29) is 5.56 Å². The maximum absolute atomic E-state index is 12.3. The van der Waals surface area contributed by atoms with Crippen molar-refractivity contribution in [2.45, 2.75) is 13.3 Å². The van der Waals surface area contributed by atoms with E-state index in [1.54, 1.807) is 19.2 Å². The number of amides is 1. The molecule has 2 aromatic heterocycles. The lowest BCUT2D eigenvalue weighted by atomic mass is 10.2. The Morgan fingerprint density at radius 2 is 2.29 bits per heavy atom. The highest BCUT2D eigenvalue weighted by Crippen LogP contribution is 2.12. The molecule has 0 saturated heterocycles. The van der Waals surface area contributed by atoms with Crippen LogP contribution in [0.3, 0.4) is 0 Å². The Labute approximate surface area is 121 Å². The van der Waals surface area contributed by atoms with E-state index in [2.05, 4.69) is 10.3 Å². The highest BCUT2D eigenvalue weighted by Gasteiger charge is 2.19. The molecule has 2 rings (SSSR count). The van der Waals surface area contributed by atoms with Gasteiger partial charge in [-0.3, -0.25) is 14.0 Å². The molecule has 0 aliphatic carbocycles. The number of hydrogen-bond donors (Lipinski definition) is 2. The maximum atomic E-state index is 12.3. The molecule has 21 heavy (non-hydrogen) atoms. The molecule has 0 spiro atoms. The average molecular weight is 291 g/mol. The fraction of sp³-hybridized carbons (Fsp3) is 0.357. The third-order valence-corrected chi connectivity index (χ3v) is 3.00. The van der Waals surface area contributed by atoms with Gasteiger partial charge in [0.25, 0.3) is 11.5 Å². The molecule has 0 aliphatic rings. The fourth-order valence-electron chi connectivity index (χ4n) is 1.93. The number of rotatable bonds is 5. The molecule has 1 amide bonds. The molecule has 7 nitrogen and oxygen atoms in total. The van der Waals surface area contributed by atoms with Crippen LogP contribution in [0, 0.1) is 6.92 Å². The topological polar surface area (TPSA) is 92.9 Å². The summed E-state index contributed by atoms with van der Waals surface area (Å²) in [5.74, 6) is -1.20. The molecule has 112 valence electrons. The summed E-state index contributed by atoms with van der Waals surface area (Å²) in [4.78, 5) is 28.2. The van der Waals surface area contributed by atoms with Crippen LogP contribution >= 0.6 is 0 Å². The van der Waals surface area contributed by atoms with Crippen LogP contribution in [0.4, 0.5) is 0 Å². The summed E-state index contributed by atoms with van der Waals surface area (Å²) in [6.45, 7) is 2.70. The van der Waals surface area contributed by atoms with E-state index >= 15 is 0 Å². The van der Waals surface area contributed by atoms with Crippen molar-refractivity contribution in [3.8, 4) is 5.88 Å². The number of aromatic hydroxyl groups is 1. The van der Waals surface area contributed by atoms with E-state index < -0.39 is 17.3 Å². The van der Waals surface area contributed by atoms with Gasteiger partial charge in [0.1, 0.15) is 5.65 Å². The maximum Gasteiger partial charge on any atom is 0.274 e. The van der Waals surface area contributed by atoms with Crippen molar-refractivity contribution >= 4 is 11.6 Å². The van der Waals surface area contributed by atoms with E-state index in [9.17, 15) is 14.7 Å². The molecule has 0 fully saturated rings. The van der Waals surface area contributed by atoms with E-state index in [1.165, 1.54) is 10.6 Å². The SMILES string of the molecule is COCCCNC(=O)c1c(O)nc2cc(C)ccn2c1=O. The zero-order valence-corrected chi connectivity index (χ0v) is 11.9. The number of aromatic nitrogens is 2. The minimum Gasteiger partial charge on any atom is -0.493 e. The van der Waals surface area contributed by atoms with Crippen LogP contribution in [-0.2, 0) is 4.74 Å². The first-order valence-corrected chi connectivity index (χ1v) is 6.53. The minimum absolute atomic E-state index is 0.299. The molecule has 0 saturated carbocycles. The highest BCUT2D eigenvalue weighted by molar-refractivity contribution is 5.96. The smallest absolute Gasteiger partial charge is 0.274 e. The van der Waals surface area contributed by atoms with Crippen LogP contribution in [0.25, 0.3) is 5.65 Å². The lowest BCUT2D eigenvalue weighted by Crippen LogP contribution is -2.32. The zero-order valence-electron chi connectivity index (χ0n) is 11.9. The van der Waals surface area contributed by atoms with E-state index in [0.717, 1.165) is 5.56 Å². The van der Waals surface area contributed by atoms with Crippen LogP contribution < -0.4 is 10.9 Å². The number of aryl methyl sites for hydroxylation is 1. The lowest BCUT2D eigenvalue weighted by molar-refractivity contribution is 0.0943. The second-order valence-corrected chi connectivity index (χ2v) is 4.65. The molecule has 0 bridgehead atoms. The molecule has 2 aromatic rings. The predicted molar refractivity (Wildman–Crippen MR) is 76.7 cm³/mol. The first-order valence-electron chi connectivity index (χ1n) is 6.53. The van der Waals surface area contributed by atoms with Gasteiger partial charge in [-0.1, -0.05) is 0 Å². The van der Waals surface area contributed by atoms with Crippen molar-refractivity contribution in [2.75, 3.05) is 20.3 Å². The molecule has 7 heteroatoms. The summed E-state index contributed by atoms with van der Waals surface area (Å²) in [5, 5.41) is 12.4. The Balaban J connectivity index is 2.33. The highest BCUT2D eigenvalue weighted by atomic mass is 16.5. The Kier molecular flexibility index (Phi) is 4.54. The van der Waals surface area contributed by atoms with Crippen LogP contribution in [0.5, 0.6) is 5.88 Å². The van der Waals surface area contributed by atoms with E-state index in [4.69, 9.17) is 4.74 Å². The molecular formula is C14H17N3O4. The number of pyridine rings is 1. The van der Waals surface area contributed by atoms with E-state index in [0.29, 0.717) is 25.2 Å². The molecular weight excluding hydrogens is 274 g/mol. The van der Waals surface area contributed by atoms with Crippen molar-refractivity contribution in [1.29, 1.82) is 0 Å². The number of ether oxygens (including phenoxy) is 1. The van der Waals surface area contributed by atoms with Crippen molar-refractivity contribution in [1.82, 2.24) is 14.7 Å². The number of nitrogens with one attached hydrogen (secondary N) is 1. The Morgan fingerprint density at radius 3 is 3.00 bits per heavy atom. The summed E-state index contributed by atoms with van der Waals surface area (Å²) in [6, 6.07) is 3.38. The summed E-state index contributed by atoms with van der Waals surface area (Å²) in [5.41, 5.74) is 0.252. The van der Waals surface area contributed by atoms with Gasteiger partial charge in [-0.2, -0.15) is 4.98 Å². The molecule has 0 unspecified atom stereocenters. The Hall–Kier alpha value is -2.41. The number of carbonyl (C=O) groups excluding carboxylic acids is 1. The molecule has 0 radical (unpaired) electrons. The van der Waals surface area contributed by atoms with Gasteiger partial charge >= 0.3 is 0 Å². The Morgan fingerprint density at radius 1 is 1.52 bits per heavy atom. The van der Waals surface area contributed by atoms with Gasteiger partial charge in [0, 0.05) is 26.5 Å². The number of hydrogen-bond acceptors (Lipinski definition) is 5. The monoisotopic (exact) mass is 291 g/mol. The van der Waals surface area contributed by atoms with Crippen molar-refractivity contribution < 1.29 is 14.6 Å². The first kappa shape index (κ1) is 15.0. The van der Waals surface area contributed by atoms with Gasteiger partial charge in [-0.25, -0.2) is 0 Å². The van der Waals surface area contributed by atoms with Gasteiger partial charge in [0.05, 0.1) is 0 Å². The molecule has 2 N–H and O–H groups in total. The molecule has 2 heterocycles. The largest absolute Gasteiger partial charge is 0.493 e. The van der Waals surface area contributed by atoms with Crippen LogP contribution in [0.15, 0.2) is 23.1 Å². The minimum atomic E-state index is -0.643. The Bertz CT molecular complexity index is 724. The third-order valence-electron chi connectivity index (χ3n) is 3.00. The lowest BCUT2D eigenvalue weighted by Gasteiger charge is -2.08. The predicted octanol–water partition coefficient (Wildman–Crippen LogP) is 0.475. The zero-order chi connectivity index (χ0) is 15.4. The van der Waals surface area contributed by atoms with Gasteiger partial charge in [-0.15, -0.1) is 0 Å². The second-order valence-electron chi connectivity index (χ2n) is 4.65. The van der Waals surface area contributed by atoms with Gasteiger partial charge < -0.3 is 15.2 Å². The average Bonchev–Trinajstić information content (AvgIpc) is 2.43. The fourth-order valence-corrected chi connectivity index (χ4v) is 1.93. The summed E-state index contributed by atoms with van der Waals surface area (Å²) >= 11 is 0. The third kappa shape index (κ3) is 3.19. The molecule has 0 aromatic carbocycles. The van der Waals surface area contributed by atoms with E-state index in [1.807, 2.05) is 6.92 Å². The molecule has 0 atom stereocenters. The molecule has 0 aliphatic heterocycles. The normalized spacial score (nSPS) is 10.8. The van der Waals surface area contributed by atoms with Crippen molar-refractivity contribution in [3.05, 3.63) is 39.8 Å². The summed E-state index contributed by atoms with van der Waals surface area (Å²) in [7, 11) is 1.56. The number of methoxy groups -OCH3 is 1. The van der Waals surface area contributed by atoms with Gasteiger partial charge in [0.2, 0.25) is 5.88 Å². The summed E-state index contributed by atoms with van der Waals surface area (Å²) in [6.07, 6.45) is 2.14. The van der Waals surface area contributed by atoms with Gasteiger partial charge in [-0.05, 0) is 31.0 Å². The van der Waals surface area contributed by atoms with Crippen LogP contribution in [0.2, 0.25) is 0 Å². The number of fused-ring (bicyclic) bond motifs is 1. The quantitative estimate of drug-likeness (QED) is 0.781. The first-order chi connectivity index (χ1) is 10.0. The standard InChI is InChI=1S/C14H17N3O4/c1-9-4-6-17-10(8-9)16-13(19)11(14(17)20)12(18)15-5-3-7-21-2/h4,6,8,19H,3,5,7H2,1-2H3,(H,15,18). The number of nitrogens with zero attached hydrogens (tertiary/aromatic N) is 2. The summed E-state index contributed by atoms with van der Waals surface area (Å²) < 4.78 is 6.10. The van der Waals surface area contributed by atoms with Crippen LogP contribution in [-0.4, -0.2) is 40.7 Å². The van der Waals surface area contributed by atoms with Crippen molar-refractivity contribution in [2.24, 2.45) is 0 Å². The number of carbonyl (C=O) groups is 1. The van der Waals surface area contributed by atoms with Crippen LogP contribution in [0.1, 0.15) is 22.3 Å².